The second-order valence-corrected chi connectivity index (χ2v) is 4.35. The lowest BCUT2D eigenvalue weighted by Crippen LogP contribution is -1.99. The number of nitriles is 1. The Hall–Kier alpha value is -3.07. The van der Waals surface area contributed by atoms with Crippen LogP contribution in [0.2, 0.25) is 0 Å². The predicted molar refractivity (Wildman–Crippen MR) is 72.1 cm³/mol. The lowest BCUT2D eigenvalue weighted by atomic mass is 10.1. The number of hydrogen-bond donors (Lipinski definition) is 0. The van der Waals surface area contributed by atoms with E-state index < -0.39 is 6.29 Å². The molecular weight excluding hydrogens is 270 g/mol. The van der Waals surface area contributed by atoms with Crippen molar-refractivity contribution in [3.05, 3.63) is 59.9 Å². The second-order valence-electron chi connectivity index (χ2n) is 4.35. The van der Waals surface area contributed by atoms with E-state index in [-0.39, 0.29) is 5.69 Å². The minimum atomic E-state index is -0.410. The van der Waals surface area contributed by atoms with Crippen LogP contribution in [0.5, 0.6) is 11.6 Å². The fourth-order valence-electron chi connectivity index (χ4n) is 1.87. The molecule has 0 saturated heterocycles. The van der Waals surface area contributed by atoms with E-state index in [1.807, 2.05) is 31.2 Å². The van der Waals surface area contributed by atoms with E-state index in [1.165, 1.54) is 24.9 Å². The van der Waals surface area contributed by atoms with Crippen LogP contribution in [0.15, 0.2) is 43.1 Å². The molecule has 0 saturated carbocycles. The number of aromatic nitrogens is 2. The van der Waals surface area contributed by atoms with Gasteiger partial charge in [-0.15, -0.1) is 0 Å². The highest BCUT2D eigenvalue weighted by atomic mass is 16.7. The zero-order chi connectivity index (χ0) is 14.7. The standard InChI is InChI=1S/C15H11N3O3/c1-10-6-11(15-19-4-5-20-15)2-3-13(10)21-14-9-17-12(7-16)8-18-14/h2-6,8-9,15H,1H3. The monoisotopic (exact) mass is 281 g/mol. The summed E-state index contributed by atoms with van der Waals surface area (Å²) in [6.07, 6.45) is 5.39. The lowest BCUT2D eigenvalue weighted by Gasteiger charge is -2.13. The summed E-state index contributed by atoms with van der Waals surface area (Å²) in [6.45, 7) is 1.91. The largest absolute Gasteiger partial charge is 0.455 e. The van der Waals surface area contributed by atoms with Crippen molar-refractivity contribution in [2.45, 2.75) is 13.2 Å². The maximum Gasteiger partial charge on any atom is 0.266 e. The molecule has 104 valence electrons. The topological polar surface area (TPSA) is 77.3 Å². The Morgan fingerprint density at radius 3 is 2.62 bits per heavy atom. The SMILES string of the molecule is Cc1cc(C2OC=CO2)ccc1Oc1cnc(C#N)cn1. The maximum absolute atomic E-state index is 8.67. The van der Waals surface area contributed by atoms with E-state index in [4.69, 9.17) is 19.5 Å². The number of nitrogens with zero attached hydrogens (tertiary/aromatic N) is 3. The first-order chi connectivity index (χ1) is 10.3. The highest BCUT2D eigenvalue weighted by Gasteiger charge is 2.16. The van der Waals surface area contributed by atoms with Gasteiger partial charge < -0.3 is 14.2 Å². The summed E-state index contributed by atoms with van der Waals surface area (Å²) < 4.78 is 16.2. The smallest absolute Gasteiger partial charge is 0.266 e. The molecule has 1 aromatic carbocycles. The number of benzene rings is 1. The van der Waals surface area contributed by atoms with Gasteiger partial charge in [-0.05, 0) is 30.7 Å². The third-order valence-electron chi connectivity index (χ3n) is 2.89. The van der Waals surface area contributed by atoms with Gasteiger partial charge in [0.25, 0.3) is 6.29 Å². The molecule has 0 radical (unpaired) electrons. The lowest BCUT2D eigenvalue weighted by molar-refractivity contribution is -0.0246. The molecule has 3 rings (SSSR count). The van der Waals surface area contributed by atoms with Crippen molar-refractivity contribution in [2.24, 2.45) is 0 Å². The van der Waals surface area contributed by atoms with Crippen LogP contribution in [0.1, 0.15) is 23.1 Å². The third kappa shape index (κ3) is 2.77. The average molecular weight is 281 g/mol. The van der Waals surface area contributed by atoms with E-state index in [9.17, 15) is 0 Å². The summed E-state index contributed by atoms with van der Waals surface area (Å²) in [5.41, 5.74) is 2.06. The Bertz CT molecular complexity index is 712. The van der Waals surface area contributed by atoms with Crippen molar-refractivity contribution >= 4 is 0 Å². The second kappa shape index (κ2) is 5.51. The van der Waals surface area contributed by atoms with Crippen molar-refractivity contribution in [2.75, 3.05) is 0 Å². The molecule has 0 amide bonds. The molecular formula is C15H11N3O3. The maximum atomic E-state index is 8.67. The van der Waals surface area contributed by atoms with Crippen LogP contribution in [-0.4, -0.2) is 9.97 Å². The summed E-state index contributed by atoms with van der Waals surface area (Å²) in [5, 5.41) is 8.67. The van der Waals surface area contributed by atoms with E-state index in [0.717, 1.165) is 11.1 Å². The summed E-state index contributed by atoms with van der Waals surface area (Å²) in [6, 6.07) is 7.50. The molecule has 0 atom stereocenters. The first-order valence-corrected chi connectivity index (χ1v) is 6.23. The number of hydrogen-bond acceptors (Lipinski definition) is 6. The van der Waals surface area contributed by atoms with Crippen LogP contribution in [0, 0.1) is 18.3 Å². The van der Waals surface area contributed by atoms with Gasteiger partial charge >= 0.3 is 0 Å². The van der Waals surface area contributed by atoms with E-state index in [1.54, 1.807) is 0 Å². The molecule has 2 heterocycles. The van der Waals surface area contributed by atoms with Gasteiger partial charge in [0.2, 0.25) is 5.88 Å². The summed E-state index contributed by atoms with van der Waals surface area (Å²) >= 11 is 0. The molecule has 6 heteroatoms. The van der Waals surface area contributed by atoms with E-state index in [0.29, 0.717) is 11.6 Å². The summed E-state index contributed by atoms with van der Waals surface area (Å²) in [7, 11) is 0. The molecule has 2 aromatic rings. The number of rotatable bonds is 3. The molecule has 0 fully saturated rings. The van der Waals surface area contributed by atoms with E-state index in [2.05, 4.69) is 9.97 Å². The summed E-state index contributed by atoms with van der Waals surface area (Å²) in [4.78, 5) is 7.93. The predicted octanol–water partition coefficient (Wildman–Crippen LogP) is 2.97. The molecule has 0 aliphatic carbocycles. The Morgan fingerprint density at radius 2 is 2.00 bits per heavy atom. The zero-order valence-electron chi connectivity index (χ0n) is 11.2. The minimum absolute atomic E-state index is 0.248. The molecule has 0 bridgehead atoms. The Labute approximate surface area is 121 Å². The Kier molecular flexibility index (Phi) is 3.39. The molecule has 0 N–H and O–H groups in total. The van der Waals surface area contributed by atoms with Gasteiger partial charge in [-0.2, -0.15) is 5.26 Å². The Morgan fingerprint density at radius 1 is 1.19 bits per heavy atom. The van der Waals surface area contributed by atoms with Crippen molar-refractivity contribution in [3.8, 4) is 17.7 Å². The fraction of sp³-hybridized carbons (Fsp3) is 0.133. The zero-order valence-corrected chi connectivity index (χ0v) is 11.2. The minimum Gasteiger partial charge on any atom is -0.455 e. The van der Waals surface area contributed by atoms with Crippen molar-refractivity contribution in [1.82, 2.24) is 9.97 Å². The van der Waals surface area contributed by atoms with Gasteiger partial charge in [0.15, 0.2) is 5.69 Å². The first kappa shape index (κ1) is 12.9. The number of ether oxygens (including phenoxy) is 3. The highest BCUT2D eigenvalue weighted by molar-refractivity contribution is 5.39. The Balaban J connectivity index is 1.77. The van der Waals surface area contributed by atoms with Crippen LogP contribution in [0.25, 0.3) is 0 Å². The van der Waals surface area contributed by atoms with Crippen LogP contribution >= 0.6 is 0 Å². The molecule has 21 heavy (non-hydrogen) atoms. The third-order valence-corrected chi connectivity index (χ3v) is 2.89. The summed E-state index contributed by atoms with van der Waals surface area (Å²) in [5.74, 6) is 0.989. The van der Waals surface area contributed by atoms with Crippen molar-refractivity contribution < 1.29 is 14.2 Å². The highest BCUT2D eigenvalue weighted by Crippen LogP contribution is 2.29. The molecule has 0 unspecified atom stereocenters. The van der Waals surface area contributed by atoms with Crippen LogP contribution in [0.3, 0.4) is 0 Å². The van der Waals surface area contributed by atoms with Crippen LogP contribution in [-0.2, 0) is 9.47 Å². The average Bonchev–Trinajstić information content (AvgIpc) is 3.04. The van der Waals surface area contributed by atoms with Gasteiger partial charge in [0.05, 0.1) is 12.4 Å². The van der Waals surface area contributed by atoms with Crippen LogP contribution in [0.4, 0.5) is 0 Å². The normalized spacial score (nSPS) is 13.3. The molecule has 1 aliphatic heterocycles. The first-order valence-electron chi connectivity index (χ1n) is 6.23. The molecule has 1 aliphatic rings. The van der Waals surface area contributed by atoms with Gasteiger partial charge in [-0.1, -0.05) is 0 Å². The van der Waals surface area contributed by atoms with Gasteiger partial charge in [0.1, 0.15) is 24.3 Å². The van der Waals surface area contributed by atoms with Gasteiger partial charge in [-0.25, -0.2) is 9.97 Å². The molecule has 1 aromatic heterocycles. The quantitative estimate of drug-likeness (QED) is 0.860. The van der Waals surface area contributed by atoms with Crippen LogP contribution < -0.4 is 4.74 Å². The van der Waals surface area contributed by atoms with Gasteiger partial charge in [-0.3, -0.25) is 0 Å². The van der Waals surface area contributed by atoms with E-state index >= 15 is 0 Å². The molecule has 6 nitrogen and oxygen atoms in total. The van der Waals surface area contributed by atoms with Crippen molar-refractivity contribution in [3.63, 3.8) is 0 Å². The van der Waals surface area contributed by atoms with Crippen molar-refractivity contribution in [1.29, 1.82) is 5.26 Å². The molecule has 0 spiro atoms. The van der Waals surface area contributed by atoms with Gasteiger partial charge in [0, 0.05) is 5.56 Å². The fourth-order valence-corrected chi connectivity index (χ4v) is 1.87. The number of aryl methyl sites for hydroxylation is 1.